The van der Waals surface area contributed by atoms with Gasteiger partial charge in [-0.25, -0.2) is 0 Å². The molecule has 5 rings (SSSR count). The lowest BCUT2D eigenvalue weighted by Crippen LogP contribution is -2.31. The third-order valence-corrected chi connectivity index (χ3v) is 6.19. The number of carbonyl (C=O) groups excluding carboxylic acids is 1. The molecule has 3 aliphatic rings. The Morgan fingerprint density at radius 3 is 2.50 bits per heavy atom. The number of fused-ring (bicyclic) bond motifs is 4. The molecule has 22 heavy (non-hydrogen) atoms. The Morgan fingerprint density at radius 1 is 1.00 bits per heavy atom. The van der Waals surface area contributed by atoms with Crippen molar-refractivity contribution in [3.63, 3.8) is 0 Å². The monoisotopic (exact) mass is 311 g/mol. The summed E-state index contributed by atoms with van der Waals surface area (Å²) in [6.45, 7) is 3.48. The standard InChI is InChI=1S/C19H21NOS/c21-19(17-8-11-20-9-6-15(17)7-10-20)18-12-16(13-22-18)14-4-2-1-3-5-14/h1-5,12-13,15,17H,6-11H2. The fraction of sp³-hybridized carbons (Fsp3) is 0.421. The van der Waals surface area contributed by atoms with Crippen LogP contribution in [0.2, 0.25) is 0 Å². The lowest BCUT2D eigenvalue weighted by Gasteiger charge is -2.28. The summed E-state index contributed by atoms with van der Waals surface area (Å²) in [7, 11) is 0. The van der Waals surface area contributed by atoms with Crippen molar-refractivity contribution in [2.24, 2.45) is 11.8 Å². The van der Waals surface area contributed by atoms with E-state index in [0.717, 1.165) is 17.8 Å². The van der Waals surface area contributed by atoms with Crippen LogP contribution in [0.25, 0.3) is 11.1 Å². The maximum atomic E-state index is 13.0. The topological polar surface area (TPSA) is 20.3 Å². The second-order valence-electron chi connectivity index (χ2n) is 6.50. The molecule has 2 nitrogen and oxygen atoms in total. The van der Waals surface area contributed by atoms with Crippen molar-refractivity contribution in [3.8, 4) is 11.1 Å². The summed E-state index contributed by atoms with van der Waals surface area (Å²) in [6.07, 6.45) is 3.45. The van der Waals surface area contributed by atoms with Gasteiger partial charge in [-0.1, -0.05) is 30.3 Å². The van der Waals surface area contributed by atoms with Crippen LogP contribution in [-0.4, -0.2) is 30.3 Å². The largest absolute Gasteiger partial charge is 0.303 e. The predicted octanol–water partition coefficient (Wildman–Crippen LogP) is 4.33. The molecule has 0 N–H and O–H groups in total. The molecule has 0 aliphatic carbocycles. The Hall–Kier alpha value is -1.45. The average Bonchev–Trinajstić information content (AvgIpc) is 2.88. The Balaban J connectivity index is 1.57. The minimum Gasteiger partial charge on any atom is -0.303 e. The van der Waals surface area contributed by atoms with Crippen LogP contribution in [-0.2, 0) is 0 Å². The Labute approximate surface area is 135 Å². The number of benzene rings is 1. The maximum absolute atomic E-state index is 13.0. The minimum absolute atomic E-state index is 0.245. The van der Waals surface area contributed by atoms with Gasteiger partial charge in [-0.3, -0.25) is 4.79 Å². The number of hydrogen-bond donors (Lipinski definition) is 0. The van der Waals surface area contributed by atoms with Crippen LogP contribution in [0.1, 0.15) is 28.9 Å². The van der Waals surface area contributed by atoms with Crippen molar-refractivity contribution in [1.29, 1.82) is 0 Å². The lowest BCUT2D eigenvalue weighted by atomic mass is 9.81. The number of ketones is 1. The molecule has 3 aliphatic heterocycles. The molecule has 0 radical (unpaired) electrons. The van der Waals surface area contributed by atoms with Crippen LogP contribution >= 0.6 is 11.3 Å². The van der Waals surface area contributed by atoms with Gasteiger partial charge in [0, 0.05) is 5.92 Å². The SMILES string of the molecule is O=C(c1cc(-c2ccccc2)cs1)C1CCN2CCC1CC2. The summed E-state index contributed by atoms with van der Waals surface area (Å²) in [5.74, 6) is 1.24. The van der Waals surface area contributed by atoms with E-state index < -0.39 is 0 Å². The maximum Gasteiger partial charge on any atom is 0.176 e. The second-order valence-corrected chi connectivity index (χ2v) is 7.42. The van der Waals surface area contributed by atoms with E-state index in [9.17, 15) is 4.79 Å². The van der Waals surface area contributed by atoms with Gasteiger partial charge in [0.15, 0.2) is 5.78 Å². The summed E-state index contributed by atoms with van der Waals surface area (Å²) in [6, 6.07) is 12.4. The molecule has 2 aromatic rings. The highest BCUT2D eigenvalue weighted by atomic mass is 32.1. The number of piperidine rings is 1. The molecule has 1 atom stereocenters. The summed E-state index contributed by atoms with van der Waals surface area (Å²) >= 11 is 1.62. The molecule has 3 saturated heterocycles. The quantitative estimate of drug-likeness (QED) is 0.786. The molecule has 1 unspecified atom stereocenters. The van der Waals surface area contributed by atoms with Crippen LogP contribution in [0, 0.1) is 11.8 Å². The third kappa shape index (κ3) is 2.64. The third-order valence-electron chi connectivity index (χ3n) is 5.24. The number of Topliss-reactive ketones (excluding diaryl/α,β-unsaturated/α-hetero) is 1. The van der Waals surface area contributed by atoms with Crippen molar-refractivity contribution in [2.45, 2.75) is 19.3 Å². The van der Waals surface area contributed by atoms with Gasteiger partial charge in [-0.05, 0) is 67.4 Å². The first-order valence-corrected chi connectivity index (χ1v) is 9.10. The molecule has 1 aromatic heterocycles. The number of hydrogen-bond acceptors (Lipinski definition) is 3. The van der Waals surface area contributed by atoms with Crippen LogP contribution in [0.4, 0.5) is 0 Å². The predicted molar refractivity (Wildman–Crippen MR) is 91.4 cm³/mol. The molecule has 0 spiro atoms. The molecule has 0 amide bonds. The first-order valence-electron chi connectivity index (χ1n) is 8.22. The lowest BCUT2D eigenvalue weighted by molar-refractivity contribution is 0.0864. The van der Waals surface area contributed by atoms with E-state index >= 15 is 0 Å². The minimum atomic E-state index is 0.245. The number of carbonyl (C=O) groups is 1. The van der Waals surface area contributed by atoms with Crippen molar-refractivity contribution >= 4 is 17.1 Å². The zero-order valence-electron chi connectivity index (χ0n) is 12.7. The summed E-state index contributed by atoms with van der Waals surface area (Å²) < 4.78 is 0. The van der Waals surface area contributed by atoms with Crippen LogP contribution in [0.5, 0.6) is 0 Å². The van der Waals surface area contributed by atoms with Crippen LogP contribution in [0.3, 0.4) is 0 Å². The van der Waals surface area contributed by atoms with E-state index in [2.05, 4.69) is 28.5 Å². The van der Waals surface area contributed by atoms with E-state index in [1.165, 1.54) is 37.1 Å². The van der Waals surface area contributed by atoms with E-state index in [1.54, 1.807) is 11.3 Å². The smallest absolute Gasteiger partial charge is 0.176 e. The Morgan fingerprint density at radius 2 is 1.73 bits per heavy atom. The summed E-state index contributed by atoms with van der Waals surface area (Å²) in [4.78, 5) is 16.4. The van der Waals surface area contributed by atoms with Gasteiger partial charge in [0.05, 0.1) is 4.88 Å². The fourth-order valence-electron chi connectivity index (χ4n) is 3.91. The van der Waals surface area contributed by atoms with E-state index in [1.807, 2.05) is 18.2 Å². The first-order chi connectivity index (χ1) is 10.8. The zero-order valence-corrected chi connectivity index (χ0v) is 13.5. The molecule has 4 heterocycles. The van der Waals surface area contributed by atoms with Gasteiger partial charge in [-0.15, -0.1) is 11.3 Å². The van der Waals surface area contributed by atoms with Gasteiger partial charge >= 0.3 is 0 Å². The highest BCUT2D eigenvalue weighted by Crippen LogP contribution is 2.36. The molecule has 3 fully saturated rings. The molecule has 0 saturated carbocycles. The molecule has 3 heteroatoms. The second kappa shape index (κ2) is 5.98. The van der Waals surface area contributed by atoms with Gasteiger partial charge in [-0.2, -0.15) is 0 Å². The van der Waals surface area contributed by atoms with Gasteiger partial charge in [0.1, 0.15) is 0 Å². The fourth-order valence-corrected chi connectivity index (χ4v) is 4.83. The van der Waals surface area contributed by atoms with Crippen molar-refractivity contribution in [2.75, 3.05) is 19.6 Å². The molecular formula is C19H21NOS. The Kier molecular flexibility index (Phi) is 3.85. The first kappa shape index (κ1) is 14.2. The highest BCUT2D eigenvalue weighted by Gasteiger charge is 2.35. The number of rotatable bonds is 3. The molecule has 2 bridgehead atoms. The summed E-state index contributed by atoms with van der Waals surface area (Å²) in [5, 5.41) is 2.13. The van der Waals surface area contributed by atoms with Crippen molar-refractivity contribution < 1.29 is 4.79 Å². The van der Waals surface area contributed by atoms with Gasteiger partial charge < -0.3 is 4.90 Å². The highest BCUT2D eigenvalue weighted by molar-refractivity contribution is 7.12. The number of nitrogens with zero attached hydrogens (tertiary/aromatic N) is 1. The van der Waals surface area contributed by atoms with E-state index in [-0.39, 0.29) is 5.92 Å². The molecule has 114 valence electrons. The van der Waals surface area contributed by atoms with Gasteiger partial charge in [0.2, 0.25) is 0 Å². The summed E-state index contributed by atoms with van der Waals surface area (Å²) in [5.41, 5.74) is 2.38. The molecule has 1 aromatic carbocycles. The van der Waals surface area contributed by atoms with Crippen molar-refractivity contribution in [1.82, 2.24) is 4.90 Å². The van der Waals surface area contributed by atoms with Crippen LogP contribution < -0.4 is 0 Å². The van der Waals surface area contributed by atoms with Gasteiger partial charge in [0.25, 0.3) is 0 Å². The molecular weight excluding hydrogens is 290 g/mol. The number of thiophene rings is 1. The normalized spacial score (nSPS) is 27.5. The van der Waals surface area contributed by atoms with Crippen molar-refractivity contribution in [3.05, 3.63) is 46.7 Å². The average molecular weight is 311 g/mol. The Bertz CT molecular complexity index is 655. The van der Waals surface area contributed by atoms with E-state index in [0.29, 0.717) is 11.7 Å². The van der Waals surface area contributed by atoms with E-state index in [4.69, 9.17) is 0 Å². The van der Waals surface area contributed by atoms with Crippen LogP contribution in [0.15, 0.2) is 41.8 Å². The zero-order chi connectivity index (χ0) is 14.9.